The summed E-state index contributed by atoms with van der Waals surface area (Å²) < 4.78 is 0. The normalized spacial score (nSPS) is 11.4. The first-order valence-electron chi connectivity index (χ1n) is 9.27. The first-order chi connectivity index (χ1) is 14.4. The Bertz CT molecular complexity index is 1130. The number of thiazole rings is 1. The highest BCUT2D eigenvalue weighted by molar-refractivity contribution is 7.15. The van der Waals surface area contributed by atoms with Gasteiger partial charge in [-0.3, -0.25) is 10.1 Å². The predicted octanol–water partition coefficient (Wildman–Crippen LogP) is 6.71. The lowest BCUT2D eigenvalue weighted by molar-refractivity contribution is -0.112. The van der Waals surface area contributed by atoms with Crippen molar-refractivity contribution in [2.24, 2.45) is 0 Å². The first-order valence-corrected chi connectivity index (χ1v) is 10.8. The van der Waals surface area contributed by atoms with E-state index in [4.69, 9.17) is 23.2 Å². The molecule has 1 N–H and O–H groups in total. The number of aromatic nitrogens is 1. The molecule has 0 saturated carbocycles. The van der Waals surface area contributed by atoms with E-state index >= 15 is 0 Å². The summed E-state index contributed by atoms with van der Waals surface area (Å²) in [7, 11) is 0. The van der Waals surface area contributed by atoms with E-state index in [1.54, 1.807) is 24.4 Å². The van der Waals surface area contributed by atoms with Gasteiger partial charge in [0.2, 0.25) is 0 Å². The van der Waals surface area contributed by atoms with Gasteiger partial charge in [0.25, 0.3) is 5.91 Å². The van der Waals surface area contributed by atoms with E-state index in [-0.39, 0.29) is 5.57 Å². The minimum atomic E-state index is -0.490. The maximum atomic E-state index is 12.5. The highest BCUT2D eigenvalue weighted by Gasteiger charge is 2.13. The Balaban J connectivity index is 1.69. The third kappa shape index (κ3) is 5.70. The monoisotopic (exact) mass is 455 g/mol. The third-order valence-corrected chi connectivity index (χ3v) is 5.93. The number of nitrogens with one attached hydrogen (secondary N) is 1. The van der Waals surface area contributed by atoms with Crippen LogP contribution in [0.4, 0.5) is 5.13 Å². The number of halogens is 2. The van der Waals surface area contributed by atoms with E-state index < -0.39 is 5.91 Å². The van der Waals surface area contributed by atoms with Crippen molar-refractivity contribution in [2.45, 2.75) is 26.2 Å². The van der Waals surface area contributed by atoms with Crippen LogP contribution in [0.1, 0.15) is 41.3 Å². The van der Waals surface area contributed by atoms with Crippen LogP contribution in [0, 0.1) is 11.3 Å². The van der Waals surface area contributed by atoms with E-state index in [9.17, 15) is 10.1 Å². The van der Waals surface area contributed by atoms with Gasteiger partial charge in [-0.15, -0.1) is 11.3 Å². The summed E-state index contributed by atoms with van der Waals surface area (Å²) in [6.45, 7) is 4.23. The number of anilines is 1. The molecule has 0 fully saturated rings. The molecule has 0 aliphatic carbocycles. The zero-order valence-electron chi connectivity index (χ0n) is 16.4. The Morgan fingerprint density at radius 2 is 1.97 bits per heavy atom. The first kappa shape index (κ1) is 22.0. The lowest BCUT2D eigenvalue weighted by Crippen LogP contribution is -2.13. The van der Waals surface area contributed by atoms with Gasteiger partial charge in [-0.2, -0.15) is 5.26 Å². The number of benzene rings is 2. The number of nitriles is 1. The molecule has 0 aliphatic rings. The lowest BCUT2D eigenvalue weighted by Gasteiger charge is -2.05. The van der Waals surface area contributed by atoms with Crippen LogP contribution >= 0.6 is 34.5 Å². The number of carbonyl (C=O) groups excluding carboxylic acids is 1. The molecule has 152 valence electrons. The molecule has 4 nitrogen and oxygen atoms in total. The van der Waals surface area contributed by atoms with Crippen molar-refractivity contribution in [2.75, 3.05) is 5.32 Å². The molecule has 1 amide bonds. The van der Waals surface area contributed by atoms with E-state index in [2.05, 4.69) is 24.1 Å². The SMILES string of the molecule is CC(C)c1ccc(C=C(C#N)C(=O)Nc2ncc(Cc3ccc(Cl)cc3Cl)s2)cc1. The van der Waals surface area contributed by atoms with Crippen molar-refractivity contribution >= 4 is 51.7 Å². The van der Waals surface area contributed by atoms with Crippen LogP contribution in [0.3, 0.4) is 0 Å². The van der Waals surface area contributed by atoms with Crippen LogP contribution in [0.2, 0.25) is 10.0 Å². The van der Waals surface area contributed by atoms with E-state index in [0.717, 1.165) is 16.0 Å². The standard InChI is InChI=1S/C23H19Cl2N3OS/c1-14(2)16-5-3-15(4-6-16)9-18(12-26)22(29)28-23-27-13-20(30-23)10-17-7-8-19(24)11-21(17)25/h3-9,11,13-14H,10H2,1-2H3,(H,27,28,29). The smallest absolute Gasteiger partial charge is 0.268 e. The van der Waals surface area contributed by atoms with Gasteiger partial charge in [-0.05, 0) is 40.8 Å². The molecule has 0 bridgehead atoms. The number of rotatable bonds is 6. The summed E-state index contributed by atoms with van der Waals surface area (Å²) in [5.41, 5.74) is 2.93. The van der Waals surface area contributed by atoms with Crippen LogP contribution in [0.15, 0.2) is 54.2 Å². The molecular weight excluding hydrogens is 437 g/mol. The Morgan fingerprint density at radius 3 is 2.60 bits per heavy atom. The van der Waals surface area contributed by atoms with Gasteiger partial charge in [0.15, 0.2) is 5.13 Å². The van der Waals surface area contributed by atoms with Crippen molar-refractivity contribution in [1.29, 1.82) is 5.26 Å². The van der Waals surface area contributed by atoms with Gasteiger partial charge in [0.05, 0.1) is 0 Å². The summed E-state index contributed by atoms with van der Waals surface area (Å²) in [5, 5.41) is 13.7. The second-order valence-electron chi connectivity index (χ2n) is 6.99. The molecule has 1 heterocycles. The highest BCUT2D eigenvalue weighted by Crippen LogP contribution is 2.27. The topological polar surface area (TPSA) is 65.8 Å². The van der Waals surface area contributed by atoms with Gasteiger partial charge < -0.3 is 0 Å². The predicted molar refractivity (Wildman–Crippen MR) is 124 cm³/mol. The average molecular weight is 456 g/mol. The maximum Gasteiger partial charge on any atom is 0.268 e. The zero-order chi connectivity index (χ0) is 21.7. The zero-order valence-corrected chi connectivity index (χ0v) is 18.8. The number of amides is 1. The van der Waals surface area contributed by atoms with Gasteiger partial charge in [-0.25, -0.2) is 4.98 Å². The molecule has 0 aliphatic heterocycles. The molecule has 3 rings (SSSR count). The van der Waals surface area contributed by atoms with Gasteiger partial charge in [-0.1, -0.05) is 67.4 Å². The molecule has 1 aromatic heterocycles. The number of nitrogens with zero attached hydrogens (tertiary/aromatic N) is 2. The van der Waals surface area contributed by atoms with Gasteiger partial charge in [0.1, 0.15) is 11.6 Å². The number of hydrogen-bond acceptors (Lipinski definition) is 4. The fourth-order valence-corrected chi connectivity index (χ4v) is 4.06. The second-order valence-corrected chi connectivity index (χ2v) is 8.95. The molecule has 30 heavy (non-hydrogen) atoms. The van der Waals surface area contributed by atoms with Crippen LogP contribution < -0.4 is 5.32 Å². The van der Waals surface area contributed by atoms with E-state index in [1.165, 1.54) is 16.9 Å². The molecule has 0 spiro atoms. The Morgan fingerprint density at radius 1 is 1.23 bits per heavy atom. The molecule has 0 unspecified atom stereocenters. The van der Waals surface area contributed by atoms with Crippen LogP contribution in [-0.4, -0.2) is 10.9 Å². The van der Waals surface area contributed by atoms with Crippen molar-refractivity contribution in [3.8, 4) is 6.07 Å². The molecule has 7 heteroatoms. The largest absolute Gasteiger partial charge is 0.297 e. The Labute approximate surface area is 189 Å². The van der Waals surface area contributed by atoms with E-state index in [0.29, 0.717) is 27.5 Å². The van der Waals surface area contributed by atoms with Crippen molar-refractivity contribution in [3.63, 3.8) is 0 Å². The lowest BCUT2D eigenvalue weighted by atomic mass is 10.0. The van der Waals surface area contributed by atoms with Crippen molar-refractivity contribution in [3.05, 3.63) is 85.8 Å². The van der Waals surface area contributed by atoms with E-state index in [1.807, 2.05) is 36.4 Å². The quantitative estimate of drug-likeness (QED) is 0.331. The summed E-state index contributed by atoms with van der Waals surface area (Å²) in [4.78, 5) is 17.7. The van der Waals surface area contributed by atoms with Crippen molar-refractivity contribution < 1.29 is 4.79 Å². The summed E-state index contributed by atoms with van der Waals surface area (Å²) in [6, 6.07) is 15.1. The third-order valence-electron chi connectivity index (χ3n) is 4.43. The average Bonchev–Trinajstić information content (AvgIpc) is 3.15. The second kappa shape index (κ2) is 9.90. The summed E-state index contributed by atoms with van der Waals surface area (Å²) >= 11 is 13.5. The van der Waals surface area contributed by atoms with Crippen LogP contribution in [0.25, 0.3) is 6.08 Å². The highest BCUT2D eigenvalue weighted by atomic mass is 35.5. The van der Waals surface area contributed by atoms with Gasteiger partial charge >= 0.3 is 0 Å². The molecule has 3 aromatic rings. The van der Waals surface area contributed by atoms with Crippen molar-refractivity contribution in [1.82, 2.24) is 4.98 Å². The molecule has 0 radical (unpaired) electrons. The molecule has 0 atom stereocenters. The fourth-order valence-electron chi connectivity index (χ4n) is 2.76. The molecule has 2 aromatic carbocycles. The summed E-state index contributed by atoms with van der Waals surface area (Å²) in [6.07, 6.45) is 3.83. The van der Waals surface area contributed by atoms with Crippen LogP contribution in [-0.2, 0) is 11.2 Å². The Kier molecular flexibility index (Phi) is 7.28. The summed E-state index contributed by atoms with van der Waals surface area (Å²) in [5.74, 6) is -0.0699. The molecule has 0 saturated heterocycles. The molecular formula is C23H19Cl2N3OS. The maximum absolute atomic E-state index is 12.5. The van der Waals surface area contributed by atoms with Gasteiger partial charge in [0, 0.05) is 27.5 Å². The Hall–Kier alpha value is -2.65. The number of carbonyl (C=O) groups is 1. The number of hydrogen-bond donors (Lipinski definition) is 1. The minimum absolute atomic E-state index is 0.0183. The van der Waals surface area contributed by atoms with Crippen LogP contribution in [0.5, 0.6) is 0 Å². The fraction of sp³-hybridized carbons (Fsp3) is 0.174. The minimum Gasteiger partial charge on any atom is -0.297 e.